The highest BCUT2D eigenvalue weighted by atomic mass is 32.2. The Balaban J connectivity index is 2.26. The Labute approximate surface area is 141 Å². The van der Waals surface area contributed by atoms with E-state index in [1.165, 1.54) is 16.0 Å². The topological polar surface area (TPSA) is 70.1 Å². The Hall–Kier alpha value is -1.95. The summed E-state index contributed by atoms with van der Waals surface area (Å²) in [6.45, 7) is 9.21. The molecule has 1 heterocycles. The lowest BCUT2D eigenvalue weighted by Gasteiger charge is -2.12. The van der Waals surface area contributed by atoms with Gasteiger partial charge >= 0.3 is 6.09 Å². The number of nitrogens with zero attached hydrogens (tertiary/aromatic N) is 2. The molecule has 2 rings (SSSR count). The third-order valence-electron chi connectivity index (χ3n) is 3.35. The summed E-state index contributed by atoms with van der Waals surface area (Å²) in [5.41, 5.74) is 8.54. The maximum absolute atomic E-state index is 10.7. The number of nitrogens with two attached hydrogens (primary N) is 1. The van der Waals surface area contributed by atoms with Crippen molar-refractivity contribution in [2.75, 3.05) is 6.61 Å². The second-order valence-corrected chi connectivity index (χ2v) is 6.94. The zero-order valence-electron chi connectivity index (χ0n) is 14.0. The summed E-state index contributed by atoms with van der Waals surface area (Å²) in [5.74, 6) is 0.321. The molecule has 1 aromatic heterocycles. The monoisotopic (exact) mass is 333 g/mol. The van der Waals surface area contributed by atoms with Crippen molar-refractivity contribution in [1.82, 2.24) is 9.55 Å². The first kappa shape index (κ1) is 17.4. The molecular formula is C17H23N3O2S. The maximum Gasteiger partial charge on any atom is 0.404 e. The van der Waals surface area contributed by atoms with Crippen LogP contribution in [0.5, 0.6) is 0 Å². The zero-order valence-corrected chi connectivity index (χ0v) is 14.8. The number of primary amides is 1. The Morgan fingerprint density at radius 2 is 1.96 bits per heavy atom. The predicted molar refractivity (Wildman–Crippen MR) is 91.9 cm³/mol. The zero-order chi connectivity index (χ0) is 17.0. The number of rotatable bonds is 6. The summed E-state index contributed by atoms with van der Waals surface area (Å²) in [6, 6.07) is 6.49. The number of aryl methyl sites for hydroxylation is 2. The minimum Gasteiger partial charge on any atom is -0.448 e. The Kier molecular flexibility index (Phi) is 5.71. The number of imidazole rings is 1. The molecule has 0 atom stereocenters. The largest absolute Gasteiger partial charge is 0.448 e. The van der Waals surface area contributed by atoms with Crippen LogP contribution < -0.4 is 5.73 Å². The summed E-state index contributed by atoms with van der Waals surface area (Å²) < 4.78 is 6.85. The fraction of sp³-hybridized carbons (Fsp3) is 0.412. The molecule has 0 spiro atoms. The third kappa shape index (κ3) is 4.76. The van der Waals surface area contributed by atoms with Crippen molar-refractivity contribution >= 4 is 17.9 Å². The van der Waals surface area contributed by atoms with Gasteiger partial charge in [-0.1, -0.05) is 31.7 Å². The van der Waals surface area contributed by atoms with Crippen molar-refractivity contribution in [3.8, 4) is 0 Å². The van der Waals surface area contributed by atoms with Crippen LogP contribution in [0.2, 0.25) is 0 Å². The summed E-state index contributed by atoms with van der Waals surface area (Å²) in [7, 11) is 0. The van der Waals surface area contributed by atoms with Crippen LogP contribution in [0.4, 0.5) is 4.79 Å². The van der Waals surface area contributed by atoms with Gasteiger partial charge in [0.1, 0.15) is 11.6 Å². The predicted octanol–water partition coefficient (Wildman–Crippen LogP) is 3.87. The molecule has 0 aliphatic heterocycles. The molecule has 0 saturated carbocycles. The van der Waals surface area contributed by atoms with Gasteiger partial charge in [-0.05, 0) is 43.0 Å². The number of carbonyl (C=O) groups is 1. The molecule has 0 saturated heterocycles. The van der Waals surface area contributed by atoms with Crippen LogP contribution in [0.3, 0.4) is 0 Å². The summed E-state index contributed by atoms with van der Waals surface area (Å²) in [6.07, 6.45) is 1.04. The number of benzene rings is 1. The first-order valence-electron chi connectivity index (χ1n) is 7.60. The molecule has 124 valence electrons. The molecular weight excluding hydrogens is 310 g/mol. The lowest BCUT2D eigenvalue weighted by Crippen LogP contribution is -2.16. The number of carbonyl (C=O) groups excluding carboxylic acids is 1. The fourth-order valence-electron chi connectivity index (χ4n) is 2.40. The molecule has 0 aliphatic carbocycles. The van der Waals surface area contributed by atoms with E-state index >= 15 is 0 Å². The van der Waals surface area contributed by atoms with Crippen LogP contribution >= 0.6 is 11.8 Å². The standard InChI is InChI=1S/C17H23N3O2S/c1-11(2)15-16(20(10-19-15)5-6-22-17(18)21)23-14-8-12(3)7-13(4)9-14/h7-11H,5-6H2,1-4H3,(H2,18,21). The molecule has 0 unspecified atom stereocenters. The van der Waals surface area contributed by atoms with Crippen molar-refractivity contribution in [3.05, 3.63) is 41.3 Å². The van der Waals surface area contributed by atoms with Crippen LogP contribution in [-0.2, 0) is 11.3 Å². The number of amides is 1. The first-order valence-corrected chi connectivity index (χ1v) is 8.42. The van der Waals surface area contributed by atoms with Gasteiger partial charge in [-0.25, -0.2) is 9.78 Å². The number of hydrogen-bond donors (Lipinski definition) is 1. The summed E-state index contributed by atoms with van der Waals surface area (Å²) >= 11 is 1.69. The van der Waals surface area contributed by atoms with Crippen LogP contribution in [-0.4, -0.2) is 22.3 Å². The highest BCUT2D eigenvalue weighted by molar-refractivity contribution is 7.99. The Morgan fingerprint density at radius 1 is 1.30 bits per heavy atom. The molecule has 5 nitrogen and oxygen atoms in total. The minimum atomic E-state index is -0.752. The molecule has 23 heavy (non-hydrogen) atoms. The summed E-state index contributed by atoms with van der Waals surface area (Å²) in [5, 5.41) is 1.08. The number of aromatic nitrogens is 2. The van der Waals surface area contributed by atoms with Gasteiger partial charge in [0.15, 0.2) is 0 Å². The van der Waals surface area contributed by atoms with Gasteiger partial charge in [-0.3, -0.25) is 0 Å². The molecule has 0 bridgehead atoms. The molecule has 1 amide bonds. The molecule has 0 fully saturated rings. The maximum atomic E-state index is 10.7. The highest BCUT2D eigenvalue weighted by Gasteiger charge is 2.16. The summed E-state index contributed by atoms with van der Waals surface area (Å²) in [4.78, 5) is 16.4. The average molecular weight is 333 g/mol. The van der Waals surface area contributed by atoms with Gasteiger partial charge in [0.25, 0.3) is 0 Å². The van der Waals surface area contributed by atoms with Crippen molar-refractivity contribution in [2.24, 2.45) is 5.73 Å². The van der Waals surface area contributed by atoms with Gasteiger partial charge in [0.2, 0.25) is 0 Å². The van der Waals surface area contributed by atoms with Crippen LogP contribution in [0.1, 0.15) is 36.6 Å². The van der Waals surface area contributed by atoms with Gasteiger partial charge in [-0.15, -0.1) is 0 Å². The van der Waals surface area contributed by atoms with Gasteiger partial charge in [0.05, 0.1) is 18.6 Å². The second-order valence-electron chi connectivity index (χ2n) is 5.88. The smallest absolute Gasteiger partial charge is 0.404 e. The van der Waals surface area contributed by atoms with E-state index in [0.717, 1.165) is 10.7 Å². The van der Waals surface area contributed by atoms with E-state index in [2.05, 4.69) is 50.9 Å². The lowest BCUT2D eigenvalue weighted by molar-refractivity contribution is 0.151. The van der Waals surface area contributed by atoms with Crippen molar-refractivity contribution in [1.29, 1.82) is 0 Å². The molecule has 2 aromatic rings. The van der Waals surface area contributed by atoms with Gasteiger partial charge < -0.3 is 15.0 Å². The van der Waals surface area contributed by atoms with E-state index in [0.29, 0.717) is 12.5 Å². The molecule has 6 heteroatoms. The third-order valence-corrected chi connectivity index (χ3v) is 4.46. The van der Waals surface area contributed by atoms with Crippen molar-refractivity contribution < 1.29 is 9.53 Å². The van der Waals surface area contributed by atoms with Crippen LogP contribution in [0.15, 0.2) is 34.4 Å². The normalized spacial score (nSPS) is 11.0. The second kappa shape index (κ2) is 7.55. The van der Waals surface area contributed by atoms with Crippen molar-refractivity contribution in [2.45, 2.75) is 50.1 Å². The molecule has 1 aromatic carbocycles. The first-order chi connectivity index (χ1) is 10.9. The lowest BCUT2D eigenvalue weighted by atomic mass is 10.1. The van der Waals surface area contributed by atoms with Crippen LogP contribution in [0, 0.1) is 13.8 Å². The van der Waals surface area contributed by atoms with Gasteiger partial charge in [0, 0.05) is 4.90 Å². The number of ether oxygens (including phenoxy) is 1. The molecule has 2 N–H and O–H groups in total. The minimum absolute atomic E-state index is 0.240. The van der Waals surface area contributed by atoms with E-state index in [1.54, 1.807) is 18.1 Å². The molecule has 0 aliphatic rings. The van der Waals surface area contributed by atoms with E-state index in [4.69, 9.17) is 10.5 Å². The quantitative estimate of drug-likeness (QED) is 0.871. The highest BCUT2D eigenvalue weighted by Crippen LogP contribution is 2.34. The Morgan fingerprint density at radius 3 is 2.52 bits per heavy atom. The Bertz CT molecular complexity index is 675. The molecule has 0 radical (unpaired) electrons. The van der Waals surface area contributed by atoms with E-state index in [9.17, 15) is 4.79 Å². The van der Waals surface area contributed by atoms with Gasteiger partial charge in [-0.2, -0.15) is 0 Å². The van der Waals surface area contributed by atoms with E-state index in [-0.39, 0.29) is 6.61 Å². The van der Waals surface area contributed by atoms with E-state index in [1.807, 2.05) is 4.57 Å². The van der Waals surface area contributed by atoms with Crippen LogP contribution in [0.25, 0.3) is 0 Å². The number of hydrogen-bond acceptors (Lipinski definition) is 4. The van der Waals surface area contributed by atoms with Crippen molar-refractivity contribution in [3.63, 3.8) is 0 Å². The van der Waals surface area contributed by atoms with E-state index < -0.39 is 6.09 Å². The SMILES string of the molecule is Cc1cc(C)cc(Sc2c(C(C)C)ncn2CCOC(N)=O)c1. The fourth-order valence-corrected chi connectivity index (χ4v) is 3.76. The average Bonchev–Trinajstić information content (AvgIpc) is 2.80.